The fourth-order valence-electron chi connectivity index (χ4n) is 5.09. The van der Waals surface area contributed by atoms with Crippen LogP contribution in [0, 0.1) is 11.6 Å². The van der Waals surface area contributed by atoms with Crippen LogP contribution in [0.1, 0.15) is 24.9 Å². The van der Waals surface area contributed by atoms with Crippen LogP contribution in [0.5, 0.6) is 5.75 Å². The van der Waals surface area contributed by atoms with Crippen molar-refractivity contribution in [1.29, 1.82) is 0 Å². The Morgan fingerprint density at radius 2 is 1.90 bits per heavy atom. The normalized spacial score (nSPS) is 19.2. The van der Waals surface area contributed by atoms with Crippen molar-refractivity contribution in [2.75, 3.05) is 61.0 Å². The van der Waals surface area contributed by atoms with Crippen LogP contribution in [-0.2, 0) is 9.63 Å². The Hall–Kier alpha value is -4.29. The maximum atomic E-state index is 13.9. The lowest BCUT2D eigenvalue weighted by Gasteiger charge is -2.39. The van der Waals surface area contributed by atoms with Crippen LogP contribution in [0.2, 0.25) is 0 Å². The summed E-state index contributed by atoms with van der Waals surface area (Å²) in [4.78, 5) is 31.3. The summed E-state index contributed by atoms with van der Waals surface area (Å²) < 4.78 is 33.6. The van der Waals surface area contributed by atoms with Crippen molar-refractivity contribution in [3.63, 3.8) is 0 Å². The number of anilines is 5. The lowest BCUT2D eigenvalue weighted by molar-refractivity contribution is -0.111. The first-order chi connectivity index (χ1) is 19.7. The molecule has 12 heteroatoms. The van der Waals surface area contributed by atoms with E-state index >= 15 is 0 Å². The van der Waals surface area contributed by atoms with Crippen molar-refractivity contribution in [3.05, 3.63) is 72.6 Å². The molecule has 0 spiro atoms. The van der Waals surface area contributed by atoms with Crippen molar-refractivity contribution >= 4 is 34.6 Å². The fourth-order valence-corrected chi connectivity index (χ4v) is 5.09. The van der Waals surface area contributed by atoms with Gasteiger partial charge in [-0.25, -0.2) is 23.8 Å². The number of ether oxygens (including phenoxy) is 1. The fraction of sp³-hybridized carbons (Fsp3) is 0.345. The van der Waals surface area contributed by atoms with Gasteiger partial charge < -0.3 is 25.2 Å². The third-order valence-electron chi connectivity index (χ3n) is 7.38. The van der Waals surface area contributed by atoms with Crippen molar-refractivity contribution in [3.8, 4) is 5.75 Å². The molecule has 1 amide bonds. The Morgan fingerprint density at radius 1 is 1.12 bits per heavy atom. The molecular formula is C29H33F2N7O3. The number of aromatic nitrogens is 2. The van der Waals surface area contributed by atoms with Gasteiger partial charge in [-0.2, -0.15) is 0 Å². The molecule has 2 aromatic carbocycles. The van der Waals surface area contributed by atoms with Gasteiger partial charge in [0.25, 0.3) is 0 Å². The summed E-state index contributed by atoms with van der Waals surface area (Å²) in [7, 11) is 3.67. The van der Waals surface area contributed by atoms with Crippen molar-refractivity contribution in [2.45, 2.75) is 25.4 Å². The van der Waals surface area contributed by atoms with E-state index in [1.54, 1.807) is 19.2 Å². The summed E-state index contributed by atoms with van der Waals surface area (Å²) in [6, 6.07) is 8.69. The Morgan fingerprint density at radius 3 is 2.61 bits per heavy atom. The number of carbonyl (C=O) groups excluding carboxylic acids is 1. The second kappa shape index (κ2) is 12.1. The monoisotopic (exact) mass is 565 g/mol. The quantitative estimate of drug-likeness (QED) is 0.379. The molecule has 2 saturated heterocycles. The molecule has 1 aromatic heterocycles. The second-order valence-corrected chi connectivity index (χ2v) is 10.1. The highest BCUT2D eigenvalue weighted by Crippen LogP contribution is 2.40. The van der Waals surface area contributed by atoms with Crippen LogP contribution < -0.4 is 25.3 Å². The minimum absolute atomic E-state index is 0.329. The maximum Gasteiger partial charge on any atom is 0.247 e. The molecule has 0 saturated carbocycles. The van der Waals surface area contributed by atoms with Crippen molar-refractivity contribution < 1.29 is 23.1 Å². The molecule has 2 aliphatic heterocycles. The first kappa shape index (κ1) is 28.2. The minimum atomic E-state index is -0.655. The number of halogens is 2. The van der Waals surface area contributed by atoms with Gasteiger partial charge in [0.2, 0.25) is 5.91 Å². The maximum absolute atomic E-state index is 13.9. The number of nitrogens with zero attached hydrogens (tertiary/aromatic N) is 5. The summed E-state index contributed by atoms with van der Waals surface area (Å²) >= 11 is 0. The highest BCUT2D eigenvalue weighted by atomic mass is 19.1. The van der Waals surface area contributed by atoms with E-state index < -0.39 is 17.7 Å². The molecule has 2 N–H and O–H groups in total. The molecule has 2 aliphatic rings. The minimum Gasteiger partial charge on any atom is -0.494 e. The average molecular weight is 566 g/mol. The highest BCUT2D eigenvalue weighted by molar-refractivity contribution is 6.02. The molecule has 5 rings (SSSR count). The van der Waals surface area contributed by atoms with E-state index in [9.17, 15) is 13.6 Å². The van der Waals surface area contributed by atoms with Crippen molar-refractivity contribution in [2.24, 2.45) is 0 Å². The lowest BCUT2D eigenvalue weighted by Crippen LogP contribution is -2.50. The van der Waals surface area contributed by atoms with E-state index in [1.165, 1.54) is 29.6 Å². The summed E-state index contributed by atoms with van der Waals surface area (Å²) in [5.41, 5.74) is 2.45. The van der Waals surface area contributed by atoms with Gasteiger partial charge >= 0.3 is 0 Å². The molecule has 0 aliphatic carbocycles. The number of carbonyl (C=O) groups is 1. The average Bonchev–Trinajstić information content (AvgIpc) is 3.45. The predicted octanol–water partition coefficient (Wildman–Crippen LogP) is 4.65. The van der Waals surface area contributed by atoms with Crippen LogP contribution >= 0.6 is 0 Å². The Kier molecular flexibility index (Phi) is 8.31. The topological polar surface area (TPSA) is 95.1 Å². The zero-order valence-electron chi connectivity index (χ0n) is 23.2. The third kappa shape index (κ3) is 6.23. The number of benzene rings is 2. The van der Waals surface area contributed by atoms with E-state index in [0.717, 1.165) is 31.4 Å². The number of rotatable bonds is 8. The molecule has 2 fully saturated rings. The third-order valence-corrected chi connectivity index (χ3v) is 7.38. The Labute approximate surface area is 237 Å². The number of hydroxylamine groups is 1. The van der Waals surface area contributed by atoms with E-state index in [1.807, 2.05) is 6.07 Å². The number of nitrogens with one attached hydrogen (secondary N) is 2. The molecule has 3 heterocycles. The summed E-state index contributed by atoms with van der Waals surface area (Å²) in [6.07, 6.45) is 3.12. The van der Waals surface area contributed by atoms with Crippen LogP contribution in [-0.4, -0.2) is 67.2 Å². The van der Waals surface area contributed by atoms with E-state index in [-0.39, 0.29) is 5.91 Å². The number of amides is 1. The van der Waals surface area contributed by atoms with Gasteiger partial charge in [0, 0.05) is 50.3 Å². The zero-order chi connectivity index (χ0) is 29.1. The molecule has 0 radical (unpaired) electrons. The number of likely N-dealkylation sites (N-methyl/N-ethyl adjacent to an activating group) is 1. The van der Waals surface area contributed by atoms with Crippen LogP contribution in [0.3, 0.4) is 0 Å². The van der Waals surface area contributed by atoms with E-state index in [0.29, 0.717) is 53.4 Å². The molecule has 0 bridgehead atoms. The van der Waals surface area contributed by atoms with Gasteiger partial charge in [-0.15, -0.1) is 0 Å². The van der Waals surface area contributed by atoms with Crippen LogP contribution in [0.25, 0.3) is 0 Å². The van der Waals surface area contributed by atoms with Gasteiger partial charge in [0.1, 0.15) is 29.5 Å². The van der Waals surface area contributed by atoms with E-state index in [2.05, 4.69) is 51.0 Å². The van der Waals surface area contributed by atoms with Gasteiger partial charge in [0.15, 0.2) is 5.82 Å². The number of piperazine rings is 1. The largest absolute Gasteiger partial charge is 0.494 e. The Balaban J connectivity index is 1.45. The zero-order valence-corrected chi connectivity index (χ0v) is 23.2. The number of hydrogen-bond donors (Lipinski definition) is 2. The first-order valence-electron chi connectivity index (χ1n) is 13.3. The van der Waals surface area contributed by atoms with Gasteiger partial charge in [-0.05, 0) is 43.8 Å². The summed E-state index contributed by atoms with van der Waals surface area (Å²) in [5.74, 6) is -0.254. The predicted molar refractivity (Wildman–Crippen MR) is 154 cm³/mol. The number of methoxy groups -OCH3 is 1. The molecule has 3 aromatic rings. The van der Waals surface area contributed by atoms with Gasteiger partial charge in [0.05, 0.1) is 36.8 Å². The van der Waals surface area contributed by atoms with Crippen molar-refractivity contribution in [1.82, 2.24) is 14.9 Å². The standard InChI is InChI=1S/C29H33F2N7O3/c1-5-29(39)35-22-13-23(26(40-4)14-25(22)37-8-7-36(3)18(2)16-37)34-27-15-28(33-17-32-27)38-24(6-9-41-38)19-10-20(30)12-21(31)11-19/h5,10-15,17-18,24H,1,6-9,16H2,2-4H3,(H,35,39)(H,32,33,34)/t18-,24+/m0/s1. The van der Waals surface area contributed by atoms with Gasteiger partial charge in [-0.1, -0.05) is 6.58 Å². The lowest BCUT2D eigenvalue weighted by atomic mass is 10.0. The summed E-state index contributed by atoms with van der Waals surface area (Å²) in [6.45, 7) is 8.55. The summed E-state index contributed by atoms with van der Waals surface area (Å²) in [5, 5.41) is 7.71. The SMILES string of the molecule is C=CC(=O)Nc1cc(Nc2cc(N3OCC[C@@H]3c3cc(F)cc(F)c3)ncn2)c(OC)cc1N1CCN(C)[C@@H](C)C1. The first-order valence-corrected chi connectivity index (χ1v) is 13.3. The van der Waals surface area contributed by atoms with Crippen LogP contribution in [0.4, 0.5) is 37.5 Å². The molecular weight excluding hydrogens is 532 g/mol. The van der Waals surface area contributed by atoms with Gasteiger partial charge in [-0.3, -0.25) is 9.63 Å². The highest BCUT2D eigenvalue weighted by Gasteiger charge is 2.30. The van der Waals surface area contributed by atoms with Crippen LogP contribution in [0.15, 0.2) is 55.4 Å². The molecule has 41 heavy (non-hydrogen) atoms. The Bertz CT molecular complexity index is 1420. The molecule has 0 unspecified atom stereocenters. The second-order valence-electron chi connectivity index (χ2n) is 10.1. The number of hydrogen-bond acceptors (Lipinski definition) is 9. The molecule has 10 nitrogen and oxygen atoms in total. The van der Waals surface area contributed by atoms with E-state index in [4.69, 9.17) is 9.57 Å². The molecule has 2 atom stereocenters. The molecule has 216 valence electrons. The smallest absolute Gasteiger partial charge is 0.247 e.